The summed E-state index contributed by atoms with van der Waals surface area (Å²) in [4.78, 5) is 28.1. The van der Waals surface area contributed by atoms with Gasteiger partial charge >= 0.3 is 11.9 Å². The molecule has 0 saturated heterocycles. The summed E-state index contributed by atoms with van der Waals surface area (Å²) in [5.41, 5.74) is 2.12. The van der Waals surface area contributed by atoms with E-state index in [0.717, 1.165) is 101 Å². The Balaban J connectivity index is 2.36. The Kier molecular flexibility index (Phi) is 41.1. The van der Waals surface area contributed by atoms with Gasteiger partial charge in [-0.25, -0.2) is 0 Å². The van der Waals surface area contributed by atoms with Gasteiger partial charge in [0, 0.05) is 24.9 Å². The van der Waals surface area contributed by atoms with Crippen molar-refractivity contribution in [3.05, 3.63) is 17.5 Å². The molecule has 358 valence electrons. The minimum absolute atomic E-state index is 0.00174. The molecule has 0 radical (unpaired) electrons. The van der Waals surface area contributed by atoms with Crippen LogP contribution >= 0.6 is 11.9 Å². The first-order valence-electron chi connectivity index (χ1n) is 26.3. The minimum Gasteiger partial charge on any atom is -0.462 e. The average molecular weight is 878 g/mol. The van der Waals surface area contributed by atoms with Crippen molar-refractivity contribution in [3.63, 3.8) is 0 Å². The predicted octanol–water partition coefficient (Wildman–Crippen LogP) is 15.6. The van der Waals surface area contributed by atoms with Crippen LogP contribution in [0.25, 0.3) is 0 Å². The average Bonchev–Trinajstić information content (AvgIpc) is 3.67. The molecule has 0 aliphatic rings. The Bertz CT molecular complexity index is 1090. The van der Waals surface area contributed by atoms with Crippen molar-refractivity contribution in [3.8, 4) is 0 Å². The molecular weight excluding hydrogens is 779 g/mol. The quantitative estimate of drug-likeness (QED) is 0.0390. The number of carbonyl (C=O) groups excluding carboxylic acids is 2. The molecule has 0 fully saturated rings. The summed E-state index contributed by atoms with van der Waals surface area (Å²) in [6, 6.07) is 0. The first kappa shape index (κ1) is 57.4. The molecule has 0 aliphatic heterocycles. The van der Waals surface area contributed by atoms with Crippen LogP contribution in [0.2, 0.25) is 0 Å². The number of aryl methyl sites for hydroxylation is 1. The van der Waals surface area contributed by atoms with Gasteiger partial charge in [0.15, 0.2) is 0 Å². The third kappa shape index (κ3) is 36.5. The van der Waals surface area contributed by atoms with E-state index in [2.05, 4.69) is 42.5 Å². The van der Waals surface area contributed by atoms with Crippen molar-refractivity contribution in [2.24, 2.45) is 0 Å². The van der Waals surface area contributed by atoms with Crippen molar-refractivity contribution in [2.75, 3.05) is 26.2 Å². The number of hydrogen-bond acceptors (Lipinski definition) is 9. The summed E-state index contributed by atoms with van der Waals surface area (Å²) in [6.45, 7) is 15.3. The largest absolute Gasteiger partial charge is 0.462 e. The molecule has 1 aromatic heterocycles. The Hall–Kier alpha value is -1.58. The lowest BCUT2D eigenvalue weighted by Crippen LogP contribution is -2.29. The van der Waals surface area contributed by atoms with Gasteiger partial charge in [0.1, 0.15) is 18.5 Å². The molecule has 0 amide bonds. The first-order valence-corrected chi connectivity index (χ1v) is 27.3. The standard InChI is InChI=1S/C52H99N3O5S/c1-6-10-13-16-21-28-36-48(9-4)59-51(56)39-31-24-19-26-33-42-55(44-35-41-53-61-46-50-47(5)45-58-54-50)43-34-27-20-25-32-40-52(57)60-49(37-29-22-17-14-11-7-2)38-30-23-18-15-12-8-3/h45,48-49,53H,6-44,46H2,1-5H3. The van der Waals surface area contributed by atoms with E-state index < -0.39 is 0 Å². The molecule has 1 N–H and O–H groups in total. The number of rotatable bonds is 47. The van der Waals surface area contributed by atoms with E-state index >= 15 is 0 Å². The third-order valence-electron chi connectivity index (χ3n) is 12.3. The van der Waals surface area contributed by atoms with Gasteiger partial charge in [-0.3, -0.25) is 14.3 Å². The molecule has 0 aromatic carbocycles. The number of ether oxygens (including phenoxy) is 2. The molecular formula is C52H99N3O5S. The van der Waals surface area contributed by atoms with Gasteiger partial charge in [-0.2, -0.15) is 0 Å². The Labute approximate surface area is 381 Å². The van der Waals surface area contributed by atoms with E-state index in [1.807, 2.05) is 6.92 Å². The predicted molar refractivity (Wildman–Crippen MR) is 261 cm³/mol. The van der Waals surface area contributed by atoms with Gasteiger partial charge in [-0.15, -0.1) is 0 Å². The highest BCUT2D eigenvalue weighted by Crippen LogP contribution is 2.19. The van der Waals surface area contributed by atoms with Gasteiger partial charge in [0.2, 0.25) is 0 Å². The zero-order valence-electron chi connectivity index (χ0n) is 40.9. The first-order chi connectivity index (χ1) is 29.9. The van der Waals surface area contributed by atoms with Crippen molar-refractivity contribution < 1.29 is 23.6 Å². The molecule has 1 unspecified atom stereocenters. The van der Waals surface area contributed by atoms with Crippen molar-refractivity contribution in [1.82, 2.24) is 14.8 Å². The molecule has 9 heteroatoms. The molecule has 0 spiro atoms. The van der Waals surface area contributed by atoms with Gasteiger partial charge in [-0.05, 0) is 104 Å². The number of nitrogens with zero attached hydrogens (tertiary/aromatic N) is 2. The van der Waals surface area contributed by atoms with Crippen LogP contribution in [0.5, 0.6) is 0 Å². The van der Waals surface area contributed by atoms with Crippen LogP contribution in [0.15, 0.2) is 10.8 Å². The molecule has 1 atom stereocenters. The second kappa shape index (κ2) is 43.7. The van der Waals surface area contributed by atoms with E-state index in [4.69, 9.17) is 14.0 Å². The molecule has 61 heavy (non-hydrogen) atoms. The van der Waals surface area contributed by atoms with Crippen LogP contribution in [0.3, 0.4) is 0 Å². The number of aromatic nitrogens is 1. The minimum atomic E-state index is -0.00174. The Morgan fingerprint density at radius 3 is 1.44 bits per heavy atom. The highest BCUT2D eigenvalue weighted by Gasteiger charge is 2.15. The molecule has 8 nitrogen and oxygen atoms in total. The fourth-order valence-electron chi connectivity index (χ4n) is 8.18. The second-order valence-corrected chi connectivity index (χ2v) is 19.0. The van der Waals surface area contributed by atoms with E-state index in [-0.39, 0.29) is 24.1 Å². The maximum atomic E-state index is 12.9. The summed E-state index contributed by atoms with van der Waals surface area (Å²) in [6.07, 6.45) is 42.5. The lowest BCUT2D eigenvalue weighted by atomic mass is 10.0. The van der Waals surface area contributed by atoms with Gasteiger partial charge in [-0.1, -0.05) is 180 Å². The molecule has 1 aromatic rings. The van der Waals surface area contributed by atoms with E-state index in [9.17, 15) is 9.59 Å². The topological polar surface area (TPSA) is 93.9 Å². The lowest BCUT2D eigenvalue weighted by Gasteiger charge is -2.22. The second-order valence-electron chi connectivity index (χ2n) is 18.2. The summed E-state index contributed by atoms with van der Waals surface area (Å²) in [5.74, 6) is 0.844. The zero-order valence-corrected chi connectivity index (χ0v) is 41.7. The maximum Gasteiger partial charge on any atom is 0.306 e. The highest BCUT2D eigenvalue weighted by molar-refractivity contribution is 7.96. The molecule has 0 aliphatic carbocycles. The fourth-order valence-corrected chi connectivity index (χ4v) is 8.98. The smallest absolute Gasteiger partial charge is 0.306 e. The lowest BCUT2D eigenvalue weighted by molar-refractivity contribution is -0.150. The van der Waals surface area contributed by atoms with Crippen LogP contribution in [-0.2, 0) is 24.8 Å². The van der Waals surface area contributed by atoms with Crippen LogP contribution in [0.4, 0.5) is 0 Å². The fraction of sp³-hybridized carbons (Fsp3) is 0.904. The van der Waals surface area contributed by atoms with E-state index in [0.29, 0.717) is 12.8 Å². The molecule has 1 rings (SSSR count). The summed E-state index contributed by atoms with van der Waals surface area (Å²) in [5, 5.41) is 4.09. The SMILES string of the molecule is CCCCCCCCC(CC)OC(=O)CCCCCCCN(CCCCCCCC(=O)OC(CCCCCCCC)CCCCCCCC)CCCNSCc1nocc1C. The summed E-state index contributed by atoms with van der Waals surface area (Å²) >= 11 is 1.71. The molecule has 0 saturated carbocycles. The van der Waals surface area contributed by atoms with Crippen molar-refractivity contribution >= 4 is 23.9 Å². The zero-order chi connectivity index (χ0) is 44.3. The molecule has 0 bridgehead atoms. The summed E-state index contributed by atoms with van der Waals surface area (Å²) in [7, 11) is 0. The highest BCUT2D eigenvalue weighted by atomic mass is 32.2. The van der Waals surface area contributed by atoms with Crippen LogP contribution in [0, 0.1) is 6.92 Å². The number of carbonyl (C=O) groups is 2. The third-order valence-corrected chi connectivity index (χ3v) is 13.1. The molecule has 1 heterocycles. The normalized spacial score (nSPS) is 12.2. The van der Waals surface area contributed by atoms with E-state index in [1.54, 1.807) is 18.2 Å². The van der Waals surface area contributed by atoms with Gasteiger partial charge in [0.05, 0.1) is 11.4 Å². The maximum absolute atomic E-state index is 12.9. The van der Waals surface area contributed by atoms with Gasteiger partial charge in [0.25, 0.3) is 0 Å². The Morgan fingerprint density at radius 2 is 0.984 bits per heavy atom. The van der Waals surface area contributed by atoms with Crippen LogP contribution in [0.1, 0.15) is 264 Å². The van der Waals surface area contributed by atoms with Crippen molar-refractivity contribution in [2.45, 2.75) is 277 Å². The monoisotopic (exact) mass is 878 g/mol. The van der Waals surface area contributed by atoms with E-state index in [1.165, 1.54) is 154 Å². The number of hydrogen-bond donors (Lipinski definition) is 1. The Morgan fingerprint density at radius 1 is 0.574 bits per heavy atom. The number of nitrogens with one attached hydrogen (secondary N) is 1. The van der Waals surface area contributed by atoms with Crippen LogP contribution in [-0.4, -0.2) is 60.4 Å². The number of unbranched alkanes of at least 4 members (excludes halogenated alkanes) is 23. The summed E-state index contributed by atoms with van der Waals surface area (Å²) < 4.78 is 20.5. The van der Waals surface area contributed by atoms with Gasteiger partial charge < -0.3 is 18.9 Å². The van der Waals surface area contributed by atoms with Crippen molar-refractivity contribution in [1.29, 1.82) is 0 Å². The number of esters is 2. The van der Waals surface area contributed by atoms with Crippen LogP contribution < -0.4 is 4.72 Å².